The molecule has 2 aromatic carbocycles. The quantitative estimate of drug-likeness (QED) is 0.615. The number of piperidine rings is 1. The zero-order valence-corrected chi connectivity index (χ0v) is 16.4. The van der Waals surface area contributed by atoms with Crippen molar-refractivity contribution in [3.05, 3.63) is 65.7 Å². The van der Waals surface area contributed by atoms with Crippen LogP contribution in [0.2, 0.25) is 0 Å². The lowest BCUT2D eigenvalue weighted by atomic mass is 9.96. The molecule has 1 heterocycles. The molecule has 28 heavy (non-hydrogen) atoms. The molecule has 5 nitrogen and oxygen atoms in total. The minimum absolute atomic E-state index is 0.0881. The molecule has 0 aliphatic carbocycles. The summed E-state index contributed by atoms with van der Waals surface area (Å²) in [5.41, 5.74) is 8.68. The van der Waals surface area contributed by atoms with Crippen molar-refractivity contribution in [1.82, 2.24) is 10.2 Å². The highest BCUT2D eigenvalue weighted by atomic mass is 16.3. The van der Waals surface area contributed by atoms with Crippen LogP contribution in [0, 0.1) is 5.92 Å². The summed E-state index contributed by atoms with van der Waals surface area (Å²) in [6.07, 6.45) is 2.80. The maximum absolute atomic E-state index is 12.1. The topological polar surface area (TPSA) is 78.6 Å². The van der Waals surface area contributed by atoms with Crippen molar-refractivity contribution in [3.63, 3.8) is 0 Å². The fourth-order valence-electron chi connectivity index (χ4n) is 3.75. The number of para-hydroxylation sites is 1. The van der Waals surface area contributed by atoms with E-state index >= 15 is 0 Å². The predicted octanol–water partition coefficient (Wildman–Crippen LogP) is 2.76. The van der Waals surface area contributed by atoms with Crippen LogP contribution in [0.3, 0.4) is 0 Å². The van der Waals surface area contributed by atoms with Gasteiger partial charge in [-0.1, -0.05) is 48.5 Å². The number of aliphatic hydroxyl groups excluding tert-OH is 1. The molecule has 1 amide bonds. The van der Waals surface area contributed by atoms with Crippen LogP contribution in [0.15, 0.2) is 54.6 Å². The van der Waals surface area contributed by atoms with Gasteiger partial charge >= 0.3 is 0 Å². The molecule has 0 aromatic heterocycles. The molecule has 1 atom stereocenters. The number of carbonyl (C=O) groups is 1. The van der Waals surface area contributed by atoms with Crippen LogP contribution >= 0.6 is 0 Å². The van der Waals surface area contributed by atoms with E-state index < -0.39 is 6.10 Å². The van der Waals surface area contributed by atoms with Gasteiger partial charge in [0.2, 0.25) is 5.91 Å². The fourth-order valence-corrected chi connectivity index (χ4v) is 3.75. The van der Waals surface area contributed by atoms with E-state index in [4.69, 9.17) is 5.73 Å². The minimum Gasteiger partial charge on any atom is -0.399 e. The van der Waals surface area contributed by atoms with Gasteiger partial charge in [0.1, 0.15) is 0 Å². The number of nitrogens with one attached hydrogen (secondary N) is 1. The number of anilines is 1. The maximum Gasteiger partial charge on any atom is 0.220 e. The molecule has 3 rings (SSSR count). The average molecular weight is 382 g/mol. The first-order valence-electron chi connectivity index (χ1n) is 10.2. The number of benzene rings is 2. The second-order valence-corrected chi connectivity index (χ2v) is 7.67. The van der Waals surface area contributed by atoms with Gasteiger partial charge in [-0.05, 0) is 55.5 Å². The lowest BCUT2D eigenvalue weighted by Crippen LogP contribution is -2.40. The Morgan fingerprint density at radius 1 is 1.11 bits per heavy atom. The number of rotatable bonds is 8. The first kappa shape index (κ1) is 20.4. The normalized spacial score (nSPS) is 16.6. The van der Waals surface area contributed by atoms with Crippen molar-refractivity contribution in [2.75, 3.05) is 31.9 Å². The Hall–Kier alpha value is -2.37. The highest BCUT2D eigenvalue weighted by Gasteiger charge is 2.22. The molecular weight excluding hydrogens is 350 g/mol. The smallest absolute Gasteiger partial charge is 0.220 e. The Balaban J connectivity index is 1.33. The molecule has 1 fully saturated rings. The average Bonchev–Trinajstić information content (AvgIpc) is 2.73. The lowest BCUT2D eigenvalue weighted by molar-refractivity contribution is -0.121. The predicted molar refractivity (Wildman–Crippen MR) is 113 cm³/mol. The molecule has 150 valence electrons. The summed E-state index contributed by atoms with van der Waals surface area (Å²) >= 11 is 0. The van der Waals surface area contributed by atoms with Gasteiger partial charge in [0.15, 0.2) is 0 Å². The van der Waals surface area contributed by atoms with E-state index in [2.05, 4.69) is 10.2 Å². The van der Waals surface area contributed by atoms with E-state index in [-0.39, 0.29) is 5.91 Å². The summed E-state index contributed by atoms with van der Waals surface area (Å²) in [6.45, 7) is 3.33. The molecule has 0 saturated carbocycles. The highest BCUT2D eigenvalue weighted by molar-refractivity contribution is 5.76. The Morgan fingerprint density at radius 2 is 1.79 bits per heavy atom. The van der Waals surface area contributed by atoms with Gasteiger partial charge in [-0.2, -0.15) is 0 Å². The van der Waals surface area contributed by atoms with Crippen molar-refractivity contribution in [1.29, 1.82) is 0 Å². The Labute approximate surface area is 167 Å². The van der Waals surface area contributed by atoms with Crippen molar-refractivity contribution >= 4 is 11.6 Å². The number of nitrogens with zero attached hydrogens (tertiary/aromatic N) is 1. The lowest BCUT2D eigenvalue weighted by Gasteiger charge is -2.33. The summed E-state index contributed by atoms with van der Waals surface area (Å²) in [4.78, 5) is 14.5. The van der Waals surface area contributed by atoms with Crippen LogP contribution in [0.4, 0.5) is 5.69 Å². The van der Waals surface area contributed by atoms with Crippen LogP contribution in [-0.2, 0) is 11.2 Å². The van der Waals surface area contributed by atoms with Crippen LogP contribution < -0.4 is 11.1 Å². The number of β-amino-alcohol motifs (C(OH)–C–C–N with tert-alkyl or cyclic N) is 1. The molecule has 4 N–H and O–H groups in total. The van der Waals surface area contributed by atoms with Crippen LogP contribution in [-0.4, -0.2) is 42.1 Å². The molecule has 1 saturated heterocycles. The molecule has 2 aromatic rings. The van der Waals surface area contributed by atoms with E-state index in [1.54, 1.807) is 0 Å². The van der Waals surface area contributed by atoms with Crippen LogP contribution in [0.1, 0.15) is 36.5 Å². The van der Waals surface area contributed by atoms with Gasteiger partial charge < -0.3 is 21.1 Å². The van der Waals surface area contributed by atoms with Gasteiger partial charge in [0, 0.05) is 25.2 Å². The number of hydrogen-bond donors (Lipinski definition) is 3. The van der Waals surface area contributed by atoms with Crippen molar-refractivity contribution in [2.24, 2.45) is 5.92 Å². The maximum atomic E-state index is 12.1. The number of nitrogens with two attached hydrogens (primary N) is 1. The standard InChI is InChI=1S/C23H31N3O2/c24-21-9-5-4-6-19(21)10-11-23(28)25-16-18-12-14-26(15-13-18)17-22(27)20-7-2-1-3-8-20/h1-9,18,22,27H,10-17,24H2,(H,25,28). The summed E-state index contributed by atoms with van der Waals surface area (Å²) in [6, 6.07) is 17.5. The van der Waals surface area contributed by atoms with Gasteiger partial charge in [-0.3, -0.25) is 4.79 Å². The summed E-state index contributed by atoms with van der Waals surface area (Å²) in [5.74, 6) is 0.598. The number of aliphatic hydroxyl groups is 1. The summed E-state index contributed by atoms with van der Waals surface area (Å²) in [7, 11) is 0. The number of carbonyl (C=O) groups excluding carboxylic acids is 1. The van der Waals surface area contributed by atoms with Gasteiger partial charge in [0.05, 0.1) is 6.10 Å². The molecular formula is C23H31N3O2. The van der Waals surface area contributed by atoms with Gasteiger partial charge in [-0.25, -0.2) is 0 Å². The van der Waals surface area contributed by atoms with E-state index in [0.717, 1.165) is 49.3 Å². The monoisotopic (exact) mass is 381 g/mol. The second kappa shape index (κ2) is 10.2. The van der Waals surface area contributed by atoms with Gasteiger partial charge in [-0.15, -0.1) is 0 Å². The third-order valence-electron chi connectivity index (χ3n) is 5.59. The molecule has 1 aliphatic heterocycles. The first-order valence-corrected chi connectivity index (χ1v) is 10.2. The summed E-state index contributed by atoms with van der Waals surface area (Å²) in [5, 5.41) is 13.5. The van der Waals surface area contributed by atoms with Crippen LogP contribution in [0.5, 0.6) is 0 Å². The van der Waals surface area contributed by atoms with Crippen LogP contribution in [0.25, 0.3) is 0 Å². The number of amides is 1. The van der Waals surface area contributed by atoms with Crippen molar-refractivity contribution < 1.29 is 9.90 Å². The van der Waals surface area contributed by atoms with Crippen molar-refractivity contribution in [2.45, 2.75) is 31.8 Å². The molecule has 0 radical (unpaired) electrons. The SMILES string of the molecule is Nc1ccccc1CCC(=O)NCC1CCN(CC(O)c2ccccc2)CC1. The number of nitrogen functional groups attached to an aromatic ring is 1. The van der Waals surface area contributed by atoms with Gasteiger partial charge in [0.25, 0.3) is 0 Å². The first-order chi connectivity index (χ1) is 13.6. The Morgan fingerprint density at radius 3 is 2.50 bits per heavy atom. The molecule has 5 heteroatoms. The van der Waals surface area contributed by atoms with Crippen molar-refractivity contribution in [3.8, 4) is 0 Å². The summed E-state index contributed by atoms with van der Waals surface area (Å²) < 4.78 is 0. The van der Waals surface area contributed by atoms with E-state index in [1.165, 1.54) is 0 Å². The number of hydrogen-bond acceptors (Lipinski definition) is 4. The Kier molecular flexibility index (Phi) is 7.46. The zero-order chi connectivity index (χ0) is 19.8. The zero-order valence-electron chi connectivity index (χ0n) is 16.4. The second-order valence-electron chi connectivity index (χ2n) is 7.67. The largest absolute Gasteiger partial charge is 0.399 e. The molecule has 1 aliphatic rings. The minimum atomic E-state index is -0.442. The van der Waals surface area contributed by atoms with E-state index in [1.807, 2.05) is 54.6 Å². The van der Waals surface area contributed by atoms with E-state index in [0.29, 0.717) is 25.3 Å². The third kappa shape index (κ3) is 6.08. The molecule has 0 spiro atoms. The highest BCUT2D eigenvalue weighted by Crippen LogP contribution is 2.20. The Bertz CT molecular complexity index is 743. The number of aryl methyl sites for hydroxylation is 1. The number of likely N-dealkylation sites (tertiary alicyclic amines) is 1. The third-order valence-corrected chi connectivity index (χ3v) is 5.59. The fraction of sp³-hybridized carbons (Fsp3) is 0.435. The van der Waals surface area contributed by atoms with E-state index in [9.17, 15) is 9.90 Å². The molecule has 1 unspecified atom stereocenters. The molecule has 0 bridgehead atoms.